The van der Waals surface area contributed by atoms with E-state index in [4.69, 9.17) is 4.74 Å². The molecule has 1 aliphatic rings. The third kappa shape index (κ3) is 5.39. The maximum Gasteiger partial charge on any atom is 0.251 e. The fraction of sp³-hybridized carbons (Fsp3) is 0.333. The van der Waals surface area contributed by atoms with Crippen LogP contribution in [-0.4, -0.2) is 56.2 Å². The fourth-order valence-corrected chi connectivity index (χ4v) is 3.61. The standard InChI is InChI=1S/C24H27N5O3/c1-16-3-6-19(15-26-16)27-24-25-12-9-22(28-24)18-4-7-20(8-5-18)32-21-10-13-29(14-11-21)23(31)17(2)30/h3-9,12,15,17,21,30H,10-11,13-14H2,1-2H3,(H,25,27,28)/t17-/m0/s1. The number of hydrogen-bond acceptors (Lipinski definition) is 7. The van der Waals surface area contributed by atoms with Gasteiger partial charge in [0.15, 0.2) is 0 Å². The minimum Gasteiger partial charge on any atom is -0.490 e. The number of aryl methyl sites for hydroxylation is 1. The molecule has 2 aromatic heterocycles. The first kappa shape index (κ1) is 21.7. The van der Waals surface area contributed by atoms with E-state index < -0.39 is 6.10 Å². The summed E-state index contributed by atoms with van der Waals surface area (Å²) < 4.78 is 6.09. The molecule has 0 bridgehead atoms. The van der Waals surface area contributed by atoms with Crippen molar-refractivity contribution in [3.05, 3.63) is 60.6 Å². The van der Waals surface area contributed by atoms with Crippen LogP contribution < -0.4 is 10.1 Å². The van der Waals surface area contributed by atoms with Crippen LogP contribution in [0.4, 0.5) is 11.6 Å². The van der Waals surface area contributed by atoms with E-state index in [2.05, 4.69) is 20.3 Å². The number of benzene rings is 1. The second-order valence-electron chi connectivity index (χ2n) is 7.92. The monoisotopic (exact) mass is 433 g/mol. The summed E-state index contributed by atoms with van der Waals surface area (Å²) in [5.74, 6) is 1.07. The molecule has 8 nitrogen and oxygen atoms in total. The number of aliphatic hydroxyl groups is 1. The van der Waals surface area contributed by atoms with Crippen LogP contribution in [0.15, 0.2) is 54.9 Å². The number of anilines is 2. The third-order valence-electron chi connectivity index (χ3n) is 5.39. The molecule has 8 heteroatoms. The molecule has 0 saturated carbocycles. The molecule has 2 N–H and O–H groups in total. The number of carbonyl (C=O) groups excluding carboxylic acids is 1. The summed E-state index contributed by atoms with van der Waals surface area (Å²) in [6.45, 7) is 4.64. The van der Waals surface area contributed by atoms with Gasteiger partial charge in [0.25, 0.3) is 5.91 Å². The lowest BCUT2D eigenvalue weighted by Crippen LogP contribution is -2.45. The second-order valence-corrected chi connectivity index (χ2v) is 7.92. The average molecular weight is 434 g/mol. The molecule has 0 unspecified atom stereocenters. The number of nitrogens with zero attached hydrogens (tertiary/aromatic N) is 4. The van der Waals surface area contributed by atoms with Crippen molar-refractivity contribution in [2.24, 2.45) is 0 Å². The summed E-state index contributed by atoms with van der Waals surface area (Å²) in [4.78, 5) is 26.7. The van der Waals surface area contributed by atoms with Crippen LogP contribution in [0.2, 0.25) is 0 Å². The first-order valence-electron chi connectivity index (χ1n) is 10.7. The van der Waals surface area contributed by atoms with Gasteiger partial charge >= 0.3 is 0 Å². The molecule has 3 heterocycles. The highest BCUT2D eigenvalue weighted by Gasteiger charge is 2.25. The molecule has 1 amide bonds. The Morgan fingerprint density at radius 1 is 1.12 bits per heavy atom. The second kappa shape index (κ2) is 9.74. The Bertz CT molecular complexity index is 1050. The molecule has 0 radical (unpaired) electrons. The summed E-state index contributed by atoms with van der Waals surface area (Å²) in [5, 5.41) is 12.6. The number of rotatable bonds is 6. The van der Waals surface area contributed by atoms with Crippen LogP contribution in [-0.2, 0) is 4.79 Å². The zero-order valence-electron chi connectivity index (χ0n) is 18.2. The normalized spacial score (nSPS) is 15.3. The van der Waals surface area contributed by atoms with Gasteiger partial charge in [-0.2, -0.15) is 0 Å². The quantitative estimate of drug-likeness (QED) is 0.615. The van der Waals surface area contributed by atoms with Crippen molar-refractivity contribution in [2.45, 2.75) is 38.9 Å². The number of piperidine rings is 1. The van der Waals surface area contributed by atoms with Gasteiger partial charge < -0.3 is 20.1 Å². The highest BCUT2D eigenvalue weighted by atomic mass is 16.5. The van der Waals surface area contributed by atoms with Crippen LogP contribution in [0.1, 0.15) is 25.5 Å². The Labute approximate surface area is 187 Å². The molecule has 1 atom stereocenters. The summed E-state index contributed by atoms with van der Waals surface area (Å²) in [5.41, 5.74) is 3.55. The topological polar surface area (TPSA) is 100 Å². The molecule has 166 valence electrons. The van der Waals surface area contributed by atoms with E-state index in [1.165, 1.54) is 6.92 Å². The van der Waals surface area contributed by atoms with Crippen molar-refractivity contribution in [3.63, 3.8) is 0 Å². The number of nitrogens with one attached hydrogen (secondary N) is 1. The zero-order chi connectivity index (χ0) is 22.5. The number of ether oxygens (including phenoxy) is 1. The molecule has 0 spiro atoms. The van der Waals surface area contributed by atoms with Crippen LogP contribution >= 0.6 is 0 Å². The van der Waals surface area contributed by atoms with Crippen LogP contribution in [0.25, 0.3) is 11.3 Å². The van der Waals surface area contributed by atoms with Gasteiger partial charge in [0.05, 0.1) is 17.6 Å². The molecule has 1 aromatic carbocycles. The molecule has 3 aromatic rings. The lowest BCUT2D eigenvalue weighted by atomic mass is 10.1. The van der Waals surface area contributed by atoms with E-state index in [9.17, 15) is 9.90 Å². The summed E-state index contributed by atoms with van der Waals surface area (Å²) in [6, 6.07) is 13.5. The van der Waals surface area contributed by atoms with Gasteiger partial charge in [-0.15, -0.1) is 0 Å². The Morgan fingerprint density at radius 3 is 2.53 bits per heavy atom. The van der Waals surface area contributed by atoms with Gasteiger partial charge in [-0.3, -0.25) is 9.78 Å². The molecular weight excluding hydrogens is 406 g/mol. The van der Waals surface area contributed by atoms with Gasteiger partial charge in [-0.1, -0.05) is 0 Å². The first-order chi connectivity index (χ1) is 15.5. The minimum atomic E-state index is -0.953. The van der Waals surface area contributed by atoms with Crippen molar-refractivity contribution < 1.29 is 14.6 Å². The predicted octanol–water partition coefficient (Wildman–Crippen LogP) is 3.34. The van der Waals surface area contributed by atoms with Crippen molar-refractivity contribution in [1.82, 2.24) is 19.9 Å². The maximum atomic E-state index is 11.9. The summed E-state index contributed by atoms with van der Waals surface area (Å²) in [6.07, 6.45) is 4.06. The Hall–Kier alpha value is -3.52. The largest absolute Gasteiger partial charge is 0.490 e. The zero-order valence-corrected chi connectivity index (χ0v) is 18.2. The number of aliphatic hydroxyl groups excluding tert-OH is 1. The van der Waals surface area contributed by atoms with E-state index in [0.29, 0.717) is 19.0 Å². The van der Waals surface area contributed by atoms with Gasteiger partial charge in [0.2, 0.25) is 5.95 Å². The average Bonchev–Trinajstić information content (AvgIpc) is 2.81. The molecule has 0 aliphatic carbocycles. The summed E-state index contributed by atoms with van der Waals surface area (Å²) >= 11 is 0. The number of hydrogen-bond donors (Lipinski definition) is 2. The highest BCUT2D eigenvalue weighted by Crippen LogP contribution is 2.24. The predicted molar refractivity (Wildman–Crippen MR) is 122 cm³/mol. The molecule has 32 heavy (non-hydrogen) atoms. The van der Waals surface area contributed by atoms with Gasteiger partial charge in [-0.05, 0) is 56.3 Å². The Balaban J connectivity index is 1.36. The van der Waals surface area contributed by atoms with E-state index in [1.54, 1.807) is 17.3 Å². The van der Waals surface area contributed by atoms with Gasteiger partial charge in [-0.25, -0.2) is 9.97 Å². The lowest BCUT2D eigenvalue weighted by Gasteiger charge is -2.32. The molecule has 1 saturated heterocycles. The van der Waals surface area contributed by atoms with Crippen molar-refractivity contribution in [2.75, 3.05) is 18.4 Å². The van der Waals surface area contributed by atoms with E-state index >= 15 is 0 Å². The van der Waals surface area contributed by atoms with Gasteiger partial charge in [0.1, 0.15) is 18.0 Å². The lowest BCUT2D eigenvalue weighted by molar-refractivity contribution is -0.141. The highest BCUT2D eigenvalue weighted by molar-refractivity contribution is 5.80. The Morgan fingerprint density at radius 2 is 1.88 bits per heavy atom. The van der Waals surface area contributed by atoms with Crippen LogP contribution in [0.3, 0.4) is 0 Å². The maximum absolute atomic E-state index is 11.9. The Kier molecular flexibility index (Phi) is 6.61. The van der Waals surface area contributed by atoms with Gasteiger partial charge in [0, 0.05) is 43.4 Å². The number of carbonyl (C=O) groups is 1. The third-order valence-corrected chi connectivity index (χ3v) is 5.39. The molecule has 4 rings (SSSR count). The SMILES string of the molecule is Cc1ccc(Nc2nccc(-c3ccc(OC4CCN(C(=O)[C@H](C)O)CC4)cc3)n2)cn1. The number of amides is 1. The fourth-order valence-electron chi connectivity index (χ4n) is 3.61. The number of pyridine rings is 1. The number of likely N-dealkylation sites (tertiary alicyclic amines) is 1. The van der Waals surface area contributed by atoms with Crippen LogP contribution in [0, 0.1) is 6.92 Å². The molecule has 1 fully saturated rings. The van der Waals surface area contributed by atoms with Crippen molar-refractivity contribution in [1.29, 1.82) is 0 Å². The van der Waals surface area contributed by atoms with Crippen molar-refractivity contribution in [3.8, 4) is 17.0 Å². The van der Waals surface area contributed by atoms with E-state index in [1.807, 2.05) is 49.4 Å². The smallest absolute Gasteiger partial charge is 0.251 e. The van der Waals surface area contributed by atoms with E-state index in [-0.39, 0.29) is 12.0 Å². The van der Waals surface area contributed by atoms with Crippen LogP contribution in [0.5, 0.6) is 5.75 Å². The molecular formula is C24H27N5O3. The van der Waals surface area contributed by atoms with Crippen molar-refractivity contribution >= 4 is 17.5 Å². The minimum absolute atomic E-state index is 0.0527. The molecule has 1 aliphatic heterocycles. The first-order valence-corrected chi connectivity index (χ1v) is 10.7. The van der Waals surface area contributed by atoms with E-state index in [0.717, 1.165) is 41.2 Å². The number of aromatic nitrogens is 3. The summed E-state index contributed by atoms with van der Waals surface area (Å²) in [7, 11) is 0.